The molecule has 0 unspecified atom stereocenters. The molecule has 13 N–H and O–H groups in total. The van der Waals surface area contributed by atoms with Crippen LogP contribution in [0.25, 0.3) is 0 Å². The fourth-order valence-electron chi connectivity index (χ4n) is 6.19. The maximum atomic E-state index is 11.0. The molecule has 3 aliphatic rings. The van der Waals surface area contributed by atoms with Gasteiger partial charge in [-0.1, -0.05) is 64.7 Å². The molecule has 1 aliphatic carbocycles. The number of likely N-dealkylation sites (N-methyl/N-ethyl adjacent to an activating group) is 1. The molecule has 0 aromatic rings. The molecule has 48 heavy (non-hydrogen) atoms. The van der Waals surface area contributed by atoms with Crippen molar-refractivity contribution in [2.45, 2.75) is 158 Å². The highest BCUT2D eigenvalue weighted by Crippen LogP contribution is 2.31. The maximum absolute atomic E-state index is 11.0. The van der Waals surface area contributed by atoms with E-state index in [0.29, 0.717) is 25.0 Å². The Morgan fingerprint density at radius 3 is 1.98 bits per heavy atom. The van der Waals surface area contributed by atoms with Gasteiger partial charge in [0.05, 0.1) is 31.8 Å². The van der Waals surface area contributed by atoms with Crippen LogP contribution in [0.3, 0.4) is 0 Å². The van der Waals surface area contributed by atoms with Crippen LogP contribution in [0.1, 0.15) is 90.9 Å². The predicted molar refractivity (Wildman–Crippen MR) is 179 cm³/mol. The summed E-state index contributed by atoms with van der Waals surface area (Å²) in [5.41, 5.74) is 22.9. The number of hydrogen-bond donors (Lipinski definition) is 9. The first-order chi connectivity index (χ1) is 22.6. The Morgan fingerprint density at radius 2 is 1.46 bits per heavy atom. The molecule has 17 heteroatoms. The molecular weight excluding hydrogens is 650 g/mol. The molecule has 284 valence electrons. The Morgan fingerprint density at radius 1 is 0.917 bits per heavy atom. The molecule has 11 atom stereocenters. The van der Waals surface area contributed by atoms with Crippen LogP contribution < -0.4 is 28.3 Å². The first-order valence-electron chi connectivity index (χ1n) is 17.3. The van der Waals surface area contributed by atoms with E-state index in [1.165, 1.54) is 44.9 Å². The van der Waals surface area contributed by atoms with Crippen LogP contribution in [0.5, 0.6) is 0 Å². The molecule has 1 saturated heterocycles. The lowest BCUT2D eigenvalue weighted by Crippen LogP contribution is -2.68. The number of nitrogens with one attached hydrogen (secondary N) is 1. The predicted octanol–water partition coefficient (Wildman–Crippen LogP) is -0.125. The Bertz CT molecular complexity index is 1040. The number of rotatable bonds is 18. The Labute approximate surface area is 286 Å². The van der Waals surface area contributed by atoms with Crippen molar-refractivity contribution in [3.63, 3.8) is 0 Å². The third-order valence-corrected chi connectivity index (χ3v) is 9.42. The second-order valence-corrected chi connectivity index (χ2v) is 14.3. The van der Waals surface area contributed by atoms with Crippen molar-refractivity contribution in [3.05, 3.63) is 11.8 Å². The zero-order valence-electron chi connectivity index (χ0n) is 28.8. The largest absolute Gasteiger partial charge is 0.467 e. The van der Waals surface area contributed by atoms with Gasteiger partial charge in [-0.3, -0.25) is 4.55 Å². The van der Waals surface area contributed by atoms with E-state index in [1.807, 2.05) is 0 Å². The number of unbranched alkanes of at least 4 members (excludes halogenated alkanes) is 9. The van der Waals surface area contributed by atoms with Crippen LogP contribution in [-0.4, -0.2) is 122 Å². The van der Waals surface area contributed by atoms with Gasteiger partial charge in [-0.05, 0) is 39.3 Å². The summed E-state index contributed by atoms with van der Waals surface area (Å²) in [6, 6.07) is -2.37. The van der Waals surface area contributed by atoms with Gasteiger partial charge in [-0.25, -0.2) is 4.18 Å². The highest BCUT2D eigenvalue weighted by molar-refractivity contribution is 7.80. The minimum atomic E-state index is -4.23. The summed E-state index contributed by atoms with van der Waals surface area (Å²) in [6.07, 6.45) is 8.29. The maximum Gasteiger partial charge on any atom is 0.397 e. The van der Waals surface area contributed by atoms with Crippen LogP contribution in [-0.2, 0) is 33.5 Å². The third-order valence-electron chi connectivity index (χ3n) is 8.95. The summed E-state index contributed by atoms with van der Waals surface area (Å²) < 4.78 is 56.1. The molecule has 0 bridgehead atoms. The van der Waals surface area contributed by atoms with E-state index in [2.05, 4.69) is 16.4 Å². The molecule has 2 heterocycles. The topological polar surface area (TPSA) is 277 Å². The van der Waals surface area contributed by atoms with Crippen molar-refractivity contribution in [2.24, 2.45) is 22.9 Å². The molecule has 0 amide bonds. The van der Waals surface area contributed by atoms with Crippen LogP contribution in [0.4, 0.5) is 0 Å². The number of nitrogens with two attached hydrogens (primary N) is 4. The van der Waals surface area contributed by atoms with Gasteiger partial charge in [0.25, 0.3) is 0 Å². The Kier molecular flexibility index (Phi) is 19.2. The molecule has 0 radical (unpaired) electrons. The first kappa shape index (κ1) is 43.1. The minimum absolute atomic E-state index is 0.0727. The van der Waals surface area contributed by atoms with Crippen molar-refractivity contribution in [1.29, 1.82) is 0 Å². The van der Waals surface area contributed by atoms with Gasteiger partial charge in [-0.15, -0.1) is 0 Å². The Hall–Kier alpha value is -1.03. The number of ether oxygens (including phenoxy) is 4. The van der Waals surface area contributed by atoms with Gasteiger partial charge >= 0.3 is 10.4 Å². The van der Waals surface area contributed by atoms with Gasteiger partial charge in [0.15, 0.2) is 6.29 Å². The lowest BCUT2D eigenvalue weighted by atomic mass is 9.84. The van der Waals surface area contributed by atoms with E-state index < -0.39 is 77.2 Å². The highest BCUT2D eigenvalue weighted by Gasteiger charge is 2.50. The van der Waals surface area contributed by atoms with Crippen molar-refractivity contribution >= 4 is 10.4 Å². The molecule has 0 aromatic heterocycles. The molecule has 0 aromatic carbocycles. The van der Waals surface area contributed by atoms with Crippen LogP contribution in [0.2, 0.25) is 0 Å². The van der Waals surface area contributed by atoms with Gasteiger partial charge in [-0.2, -0.15) is 8.42 Å². The lowest BCUT2D eigenvalue weighted by molar-refractivity contribution is -0.303. The molecule has 1 saturated carbocycles. The summed E-state index contributed by atoms with van der Waals surface area (Å²) in [6.45, 7) is 3.99. The lowest BCUT2D eigenvalue weighted by Gasteiger charge is -2.48. The molecule has 2 fully saturated rings. The molecule has 2 aliphatic heterocycles. The van der Waals surface area contributed by atoms with E-state index >= 15 is 0 Å². The standard InChI is InChI=1S/C19H37N5O7.C12H26O4S/c1-19(27)7-28-18(13(26)16(19)24-2)31-15-11(23)5-10(22)14(12(15)25)30-17-9(21)4-3-8(6-20)29-17;1-2-3-4-5-6-7-8-9-10-11-12-16-17(13,14)15/h3,9-18,24-27H,4-7,20-23H2,1-2H3;2-12H2,1H3,(H,13,14,15)/t9-,10+,11-,12+,13-,14-,15+,16-,17-,18-,19+;/m1./s1. The highest BCUT2D eigenvalue weighted by atomic mass is 32.3. The van der Waals surface area contributed by atoms with E-state index in [1.54, 1.807) is 20.0 Å². The SMILES string of the molecule is CCCCCCCCCCCCOS(=O)(=O)O.CN[C@@H]1[C@@H](O)[C@@H](O[C@@H]2[C@@H](O)[C@H](O[C@H]3OC(CN)=CC[C@H]3N)[C@@H](N)C[C@H]2N)OC[C@]1(C)O. The van der Waals surface area contributed by atoms with E-state index in [0.717, 1.165) is 12.8 Å². The summed E-state index contributed by atoms with van der Waals surface area (Å²) in [5, 5.41) is 34.9. The molecular formula is C31H63N5O11S. The van der Waals surface area contributed by atoms with Crippen LogP contribution >= 0.6 is 0 Å². The van der Waals surface area contributed by atoms with Crippen molar-refractivity contribution in [1.82, 2.24) is 5.32 Å². The second kappa shape index (κ2) is 21.4. The molecule has 16 nitrogen and oxygen atoms in total. The normalized spacial score (nSPS) is 35.7. The molecule has 0 spiro atoms. The smallest absolute Gasteiger partial charge is 0.397 e. The quantitative estimate of drug-likeness (QED) is 0.0661. The first-order valence-corrected chi connectivity index (χ1v) is 18.6. The van der Waals surface area contributed by atoms with Crippen molar-refractivity contribution in [3.8, 4) is 0 Å². The summed E-state index contributed by atoms with van der Waals surface area (Å²) in [4.78, 5) is 0. The summed E-state index contributed by atoms with van der Waals surface area (Å²) in [5.74, 6) is 0.555. The monoisotopic (exact) mass is 713 g/mol. The minimum Gasteiger partial charge on any atom is -0.467 e. The van der Waals surface area contributed by atoms with E-state index in [-0.39, 0.29) is 19.8 Å². The summed E-state index contributed by atoms with van der Waals surface area (Å²) in [7, 11) is -2.62. The third kappa shape index (κ3) is 14.3. The number of aliphatic hydroxyl groups is 3. The van der Waals surface area contributed by atoms with Crippen molar-refractivity contribution < 1.29 is 51.4 Å². The van der Waals surface area contributed by atoms with Gasteiger partial charge < -0.3 is 62.5 Å². The van der Waals surface area contributed by atoms with Gasteiger partial charge in [0.2, 0.25) is 6.29 Å². The second-order valence-electron chi connectivity index (χ2n) is 13.2. The van der Waals surface area contributed by atoms with E-state index in [9.17, 15) is 23.7 Å². The van der Waals surface area contributed by atoms with Crippen LogP contribution in [0.15, 0.2) is 11.8 Å². The van der Waals surface area contributed by atoms with Gasteiger partial charge in [0, 0.05) is 12.1 Å². The number of hydrogen-bond acceptors (Lipinski definition) is 15. The Balaban J connectivity index is 0.000000401. The zero-order valence-corrected chi connectivity index (χ0v) is 29.6. The summed E-state index contributed by atoms with van der Waals surface area (Å²) >= 11 is 0. The fraction of sp³-hybridized carbons (Fsp3) is 0.935. The van der Waals surface area contributed by atoms with Gasteiger partial charge in [0.1, 0.15) is 35.8 Å². The molecule has 3 rings (SSSR count). The average Bonchev–Trinajstić information content (AvgIpc) is 3.01. The average molecular weight is 714 g/mol. The zero-order chi connectivity index (χ0) is 35.9. The van der Waals surface area contributed by atoms with Crippen molar-refractivity contribution in [2.75, 3.05) is 26.8 Å². The number of aliphatic hydroxyl groups excluding tert-OH is 2. The fourth-order valence-corrected chi connectivity index (χ4v) is 6.52. The van der Waals surface area contributed by atoms with E-state index in [4.69, 9.17) is 46.4 Å². The van der Waals surface area contributed by atoms with Crippen LogP contribution in [0, 0.1) is 0 Å².